The van der Waals surface area contributed by atoms with Crippen molar-refractivity contribution in [2.45, 2.75) is 19.8 Å². The summed E-state index contributed by atoms with van der Waals surface area (Å²) in [5, 5.41) is 11.1. The van der Waals surface area contributed by atoms with Crippen LogP contribution in [0.25, 0.3) is 0 Å². The zero-order chi connectivity index (χ0) is 18.2. The van der Waals surface area contributed by atoms with Gasteiger partial charge in [0.1, 0.15) is 5.92 Å². The highest BCUT2D eigenvalue weighted by Gasteiger charge is 2.29. The van der Waals surface area contributed by atoms with Crippen molar-refractivity contribution in [1.82, 2.24) is 0 Å². The summed E-state index contributed by atoms with van der Waals surface area (Å²) in [6, 6.07) is 15.2. The molecule has 0 saturated heterocycles. The summed E-state index contributed by atoms with van der Waals surface area (Å²) in [5.41, 5.74) is 0.995. The van der Waals surface area contributed by atoms with Gasteiger partial charge in [0.25, 0.3) is 5.69 Å². The van der Waals surface area contributed by atoms with Crippen molar-refractivity contribution < 1.29 is 19.2 Å². The Morgan fingerprint density at radius 1 is 1.08 bits per heavy atom. The van der Waals surface area contributed by atoms with E-state index in [-0.39, 0.29) is 25.1 Å². The number of nitrogens with zero attached hydrogens (tertiary/aromatic N) is 1. The lowest BCUT2D eigenvalue weighted by Gasteiger charge is -2.15. The lowest BCUT2D eigenvalue weighted by atomic mass is 9.91. The monoisotopic (exact) mass is 341 g/mol. The second-order valence-electron chi connectivity index (χ2n) is 5.52. The number of benzene rings is 2. The Morgan fingerprint density at radius 2 is 1.72 bits per heavy atom. The van der Waals surface area contributed by atoms with E-state index in [1.807, 2.05) is 30.3 Å². The number of ketones is 1. The van der Waals surface area contributed by atoms with E-state index in [9.17, 15) is 19.7 Å². The molecule has 0 aromatic heterocycles. The molecule has 2 aromatic rings. The van der Waals surface area contributed by atoms with Gasteiger partial charge in [-0.2, -0.15) is 0 Å². The maximum atomic E-state index is 12.7. The molecule has 0 N–H and O–H groups in total. The fraction of sp³-hybridized carbons (Fsp3) is 0.263. The van der Waals surface area contributed by atoms with Crippen LogP contribution in [0, 0.1) is 16.0 Å². The maximum absolute atomic E-state index is 12.7. The zero-order valence-corrected chi connectivity index (χ0v) is 13.9. The summed E-state index contributed by atoms with van der Waals surface area (Å²) < 4.78 is 5.02. The largest absolute Gasteiger partial charge is 0.465 e. The minimum absolute atomic E-state index is 0.127. The van der Waals surface area contributed by atoms with Gasteiger partial charge in [-0.05, 0) is 18.9 Å². The van der Waals surface area contributed by atoms with E-state index in [0.29, 0.717) is 5.56 Å². The average Bonchev–Trinajstić information content (AvgIpc) is 2.61. The van der Waals surface area contributed by atoms with Crippen LogP contribution in [0.4, 0.5) is 5.69 Å². The van der Waals surface area contributed by atoms with Crippen LogP contribution in [0.3, 0.4) is 0 Å². The van der Waals surface area contributed by atoms with Crippen LogP contribution in [0.15, 0.2) is 54.6 Å². The Hall–Kier alpha value is -3.02. The molecule has 0 aliphatic rings. The van der Waals surface area contributed by atoms with Crippen LogP contribution in [-0.2, 0) is 27.2 Å². The molecule has 0 saturated carbocycles. The summed E-state index contributed by atoms with van der Waals surface area (Å²) in [4.78, 5) is 35.5. The normalized spacial score (nSPS) is 11.6. The second kappa shape index (κ2) is 8.73. The summed E-state index contributed by atoms with van der Waals surface area (Å²) in [5.74, 6) is -1.98. The summed E-state index contributed by atoms with van der Waals surface area (Å²) in [6.07, 6.45) is 0.0204. The average molecular weight is 341 g/mol. The molecule has 0 aliphatic heterocycles. The Bertz CT molecular complexity index is 757. The van der Waals surface area contributed by atoms with Crippen molar-refractivity contribution in [3.63, 3.8) is 0 Å². The highest BCUT2D eigenvalue weighted by Crippen LogP contribution is 2.21. The van der Waals surface area contributed by atoms with E-state index < -0.39 is 22.6 Å². The van der Waals surface area contributed by atoms with Crippen molar-refractivity contribution in [3.8, 4) is 0 Å². The predicted molar refractivity (Wildman–Crippen MR) is 92.1 cm³/mol. The van der Waals surface area contributed by atoms with Gasteiger partial charge in [0.05, 0.1) is 11.5 Å². The van der Waals surface area contributed by atoms with Gasteiger partial charge in [0.2, 0.25) is 0 Å². The van der Waals surface area contributed by atoms with Gasteiger partial charge in [0, 0.05) is 18.1 Å². The summed E-state index contributed by atoms with van der Waals surface area (Å²) >= 11 is 0. The molecule has 2 rings (SSSR count). The molecule has 0 spiro atoms. The molecule has 130 valence electrons. The first-order chi connectivity index (χ1) is 12.0. The van der Waals surface area contributed by atoms with Crippen LogP contribution in [0.1, 0.15) is 18.1 Å². The van der Waals surface area contributed by atoms with Gasteiger partial charge in [-0.3, -0.25) is 19.7 Å². The molecule has 0 aliphatic carbocycles. The number of esters is 1. The van der Waals surface area contributed by atoms with Crippen LogP contribution in [0.5, 0.6) is 0 Å². The Morgan fingerprint density at radius 3 is 2.36 bits per heavy atom. The summed E-state index contributed by atoms with van der Waals surface area (Å²) in [7, 11) is 0. The first kappa shape index (κ1) is 18.3. The fourth-order valence-corrected chi connectivity index (χ4v) is 2.57. The number of hydrogen-bond donors (Lipinski definition) is 0. The highest BCUT2D eigenvalue weighted by molar-refractivity contribution is 6.00. The van der Waals surface area contributed by atoms with E-state index in [4.69, 9.17) is 4.74 Å². The lowest BCUT2D eigenvalue weighted by molar-refractivity contribution is -0.385. The standard InChI is InChI=1S/C19H19NO5/c1-2-25-19(22)16(12-14-8-4-3-5-9-14)18(21)13-15-10-6-7-11-17(15)20(23)24/h3-11,16H,2,12-13H2,1H3. The van der Waals surface area contributed by atoms with Crippen LogP contribution in [0.2, 0.25) is 0 Å². The van der Waals surface area contributed by atoms with Gasteiger partial charge in [-0.1, -0.05) is 48.5 Å². The molecule has 25 heavy (non-hydrogen) atoms. The second-order valence-corrected chi connectivity index (χ2v) is 5.52. The van der Waals surface area contributed by atoms with Crippen molar-refractivity contribution >= 4 is 17.4 Å². The van der Waals surface area contributed by atoms with Gasteiger partial charge in [-0.15, -0.1) is 0 Å². The number of nitro groups is 1. The third kappa shape index (κ3) is 4.97. The number of nitro benzene ring substituents is 1. The van der Waals surface area contributed by atoms with Crippen molar-refractivity contribution in [2.75, 3.05) is 6.61 Å². The summed E-state index contributed by atoms with van der Waals surface area (Å²) in [6.45, 7) is 1.84. The van der Waals surface area contributed by atoms with E-state index in [2.05, 4.69) is 0 Å². The maximum Gasteiger partial charge on any atom is 0.316 e. The predicted octanol–water partition coefficient (Wildman–Crippen LogP) is 3.13. The smallest absolute Gasteiger partial charge is 0.316 e. The SMILES string of the molecule is CCOC(=O)C(Cc1ccccc1)C(=O)Cc1ccccc1[N+](=O)[O-]. The molecule has 0 fully saturated rings. The number of para-hydroxylation sites is 1. The molecule has 1 unspecified atom stereocenters. The molecule has 0 radical (unpaired) electrons. The molecule has 0 heterocycles. The molecule has 0 bridgehead atoms. The lowest BCUT2D eigenvalue weighted by Crippen LogP contribution is -2.29. The molecule has 0 amide bonds. The first-order valence-electron chi connectivity index (χ1n) is 7.98. The van der Waals surface area contributed by atoms with Crippen molar-refractivity contribution in [2.24, 2.45) is 5.92 Å². The third-order valence-corrected chi connectivity index (χ3v) is 3.80. The van der Waals surface area contributed by atoms with Crippen molar-refractivity contribution in [3.05, 3.63) is 75.8 Å². The number of carbonyl (C=O) groups excluding carboxylic acids is 2. The minimum atomic E-state index is -0.984. The minimum Gasteiger partial charge on any atom is -0.465 e. The molecule has 6 nitrogen and oxygen atoms in total. The van der Waals surface area contributed by atoms with E-state index >= 15 is 0 Å². The van der Waals surface area contributed by atoms with E-state index in [0.717, 1.165) is 5.56 Å². The van der Waals surface area contributed by atoms with Gasteiger partial charge < -0.3 is 4.74 Å². The van der Waals surface area contributed by atoms with E-state index in [1.54, 1.807) is 19.1 Å². The Labute approximate surface area is 145 Å². The Balaban J connectivity index is 2.23. The van der Waals surface area contributed by atoms with Gasteiger partial charge in [0.15, 0.2) is 5.78 Å². The molecular weight excluding hydrogens is 322 g/mol. The molecule has 6 heteroatoms. The van der Waals surface area contributed by atoms with Crippen molar-refractivity contribution in [1.29, 1.82) is 0 Å². The molecule has 1 atom stereocenters. The quantitative estimate of drug-likeness (QED) is 0.319. The number of Topliss-reactive ketones (excluding diaryl/α,β-unsaturated/α-hetero) is 1. The third-order valence-electron chi connectivity index (χ3n) is 3.80. The fourth-order valence-electron chi connectivity index (χ4n) is 2.57. The number of rotatable bonds is 8. The first-order valence-corrected chi connectivity index (χ1v) is 7.98. The van der Waals surface area contributed by atoms with Crippen LogP contribution >= 0.6 is 0 Å². The molecular formula is C19H19NO5. The van der Waals surface area contributed by atoms with Crippen LogP contribution < -0.4 is 0 Å². The highest BCUT2D eigenvalue weighted by atomic mass is 16.6. The zero-order valence-electron chi connectivity index (χ0n) is 13.9. The number of ether oxygens (including phenoxy) is 1. The molecule has 2 aromatic carbocycles. The topological polar surface area (TPSA) is 86.5 Å². The van der Waals surface area contributed by atoms with Crippen LogP contribution in [-0.4, -0.2) is 23.3 Å². The van der Waals surface area contributed by atoms with Gasteiger partial charge in [-0.25, -0.2) is 0 Å². The number of carbonyl (C=O) groups is 2. The van der Waals surface area contributed by atoms with Gasteiger partial charge >= 0.3 is 5.97 Å². The van der Waals surface area contributed by atoms with E-state index in [1.165, 1.54) is 12.1 Å². The Kier molecular flexibility index (Phi) is 6.39. The number of hydrogen-bond acceptors (Lipinski definition) is 5.